The first-order chi connectivity index (χ1) is 11.2. The molecular weight excluding hydrogens is 319 g/mol. The number of carbonyl (C=O) groups is 1. The van der Waals surface area contributed by atoms with E-state index in [-0.39, 0.29) is 17.1 Å². The lowest BCUT2D eigenvalue weighted by Crippen LogP contribution is -2.31. The van der Waals surface area contributed by atoms with E-state index in [0.717, 1.165) is 11.3 Å². The molecule has 8 heteroatoms. The molecule has 2 aromatic rings. The Hall–Kier alpha value is -1.93. The molecular formula is C15H17FN4O2S. The summed E-state index contributed by atoms with van der Waals surface area (Å²) in [6, 6.07) is 6.28. The van der Waals surface area contributed by atoms with Crippen molar-refractivity contribution < 1.29 is 13.9 Å². The summed E-state index contributed by atoms with van der Waals surface area (Å²) < 4.78 is 19.7. The molecule has 122 valence electrons. The van der Waals surface area contributed by atoms with Gasteiger partial charge in [0.25, 0.3) is 0 Å². The van der Waals surface area contributed by atoms with Gasteiger partial charge in [0.15, 0.2) is 0 Å². The average molecular weight is 336 g/mol. The fourth-order valence-electron chi connectivity index (χ4n) is 2.41. The molecule has 1 aromatic heterocycles. The zero-order chi connectivity index (χ0) is 16.2. The number of rotatable bonds is 6. The van der Waals surface area contributed by atoms with Gasteiger partial charge in [-0.15, -0.1) is 16.9 Å². The second-order valence-corrected chi connectivity index (χ2v) is 6.28. The van der Waals surface area contributed by atoms with E-state index in [2.05, 4.69) is 10.3 Å². The van der Waals surface area contributed by atoms with Gasteiger partial charge in [0, 0.05) is 13.7 Å². The lowest BCUT2D eigenvalue weighted by molar-refractivity contribution is -0.128. The lowest BCUT2D eigenvalue weighted by Gasteiger charge is -2.21. The third kappa shape index (κ3) is 3.70. The van der Waals surface area contributed by atoms with Crippen LogP contribution in [0.25, 0.3) is 0 Å². The molecule has 0 radical (unpaired) electrons. The predicted octanol–water partition coefficient (Wildman–Crippen LogP) is 1.69. The summed E-state index contributed by atoms with van der Waals surface area (Å²) in [6.45, 7) is 1.54. The van der Waals surface area contributed by atoms with E-state index in [1.165, 1.54) is 23.9 Å². The minimum absolute atomic E-state index is 0.0881. The van der Waals surface area contributed by atoms with Crippen LogP contribution in [0.5, 0.6) is 0 Å². The van der Waals surface area contributed by atoms with Gasteiger partial charge in [-0.3, -0.25) is 4.79 Å². The van der Waals surface area contributed by atoms with Gasteiger partial charge in [-0.1, -0.05) is 17.3 Å². The number of halogens is 1. The molecule has 6 nitrogen and oxygen atoms in total. The van der Waals surface area contributed by atoms with Crippen molar-refractivity contribution in [2.24, 2.45) is 0 Å². The third-order valence-corrected chi connectivity index (χ3v) is 4.80. The highest BCUT2D eigenvalue weighted by atomic mass is 32.2. The lowest BCUT2D eigenvalue weighted by atomic mass is 10.2. The summed E-state index contributed by atoms with van der Waals surface area (Å²) in [5.74, 6) is 0.270. The van der Waals surface area contributed by atoms with Crippen molar-refractivity contribution >= 4 is 17.7 Å². The quantitative estimate of drug-likeness (QED) is 0.803. The van der Waals surface area contributed by atoms with Crippen molar-refractivity contribution in [2.75, 3.05) is 26.0 Å². The second-order valence-electron chi connectivity index (χ2n) is 5.21. The number of nitrogens with zero attached hydrogens (tertiary/aromatic N) is 4. The van der Waals surface area contributed by atoms with Gasteiger partial charge < -0.3 is 9.64 Å². The van der Waals surface area contributed by atoms with Gasteiger partial charge in [-0.05, 0) is 17.7 Å². The molecule has 1 atom stereocenters. The largest absolute Gasteiger partial charge is 0.383 e. The van der Waals surface area contributed by atoms with Gasteiger partial charge in [0.05, 0.1) is 25.1 Å². The maximum absolute atomic E-state index is 12.9. The number of carbonyl (C=O) groups excluding carboxylic acids is 1. The SMILES string of the molecule is COCCN1C(=O)CSC1c1cn(Cc2ccc(F)cc2)nn1. The summed E-state index contributed by atoms with van der Waals surface area (Å²) in [6.07, 6.45) is 1.83. The summed E-state index contributed by atoms with van der Waals surface area (Å²) in [5, 5.41) is 8.17. The minimum Gasteiger partial charge on any atom is -0.383 e. The maximum Gasteiger partial charge on any atom is 0.233 e. The zero-order valence-corrected chi connectivity index (χ0v) is 13.5. The molecule has 0 bridgehead atoms. The molecule has 1 aliphatic heterocycles. The molecule has 0 spiro atoms. The van der Waals surface area contributed by atoms with E-state index < -0.39 is 0 Å². The van der Waals surface area contributed by atoms with E-state index in [1.54, 1.807) is 28.8 Å². The van der Waals surface area contributed by atoms with Gasteiger partial charge in [0.2, 0.25) is 5.91 Å². The highest BCUT2D eigenvalue weighted by Gasteiger charge is 2.34. The van der Waals surface area contributed by atoms with Crippen LogP contribution in [0.1, 0.15) is 16.6 Å². The Morgan fingerprint density at radius 3 is 2.91 bits per heavy atom. The topological polar surface area (TPSA) is 60.2 Å². The highest BCUT2D eigenvalue weighted by Crippen LogP contribution is 2.37. The Balaban J connectivity index is 1.70. The molecule has 1 saturated heterocycles. The minimum atomic E-state index is -0.261. The van der Waals surface area contributed by atoms with E-state index in [4.69, 9.17) is 4.74 Å². The van der Waals surface area contributed by atoms with Crippen molar-refractivity contribution in [1.29, 1.82) is 0 Å². The molecule has 1 aliphatic rings. The summed E-state index contributed by atoms with van der Waals surface area (Å²) >= 11 is 1.54. The molecule has 0 N–H and O–H groups in total. The molecule has 0 aliphatic carbocycles. The number of amides is 1. The molecule has 3 rings (SSSR count). The first kappa shape index (κ1) is 15.9. The molecule has 1 fully saturated rings. The van der Waals surface area contributed by atoms with Gasteiger partial charge in [-0.25, -0.2) is 9.07 Å². The molecule has 1 aromatic carbocycles. The van der Waals surface area contributed by atoms with Crippen molar-refractivity contribution in [1.82, 2.24) is 19.9 Å². The van der Waals surface area contributed by atoms with Crippen molar-refractivity contribution in [2.45, 2.75) is 11.9 Å². The first-order valence-corrected chi connectivity index (χ1v) is 8.27. The van der Waals surface area contributed by atoms with Gasteiger partial charge in [0.1, 0.15) is 16.9 Å². The number of benzene rings is 1. The number of thioether (sulfide) groups is 1. The fraction of sp³-hybridized carbons (Fsp3) is 0.400. The molecule has 1 unspecified atom stereocenters. The highest BCUT2D eigenvalue weighted by molar-refractivity contribution is 8.00. The standard InChI is InChI=1S/C15H17FN4O2S/c1-22-7-6-20-14(21)10-23-15(20)13-9-19(18-17-13)8-11-2-4-12(16)5-3-11/h2-5,9,15H,6-8,10H2,1H3. The summed E-state index contributed by atoms with van der Waals surface area (Å²) in [5.41, 5.74) is 1.69. The van der Waals surface area contributed by atoms with E-state index in [9.17, 15) is 9.18 Å². The molecule has 0 saturated carbocycles. The van der Waals surface area contributed by atoms with Crippen LogP contribution in [0.15, 0.2) is 30.5 Å². The van der Waals surface area contributed by atoms with Crippen LogP contribution < -0.4 is 0 Å². The maximum atomic E-state index is 12.9. The number of hydrogen-bond donors (Lipinski definition) is 0. The third-order valence-electron chi connectivity index (χ3n) is 3.57. The Bertz CT molecular complexity index is 676. The van der Waals surface area contributed by atoms with Crippen LogP contribution in [-0.4, -0.2) is 51.8 Å². The first-order valence-electron chi connectivity index (χ1n) is 7.22. The van der Waals surface area contributed by atoms with Gasteiger partial charge in [-0.2, -0.15) is 0 Å². The van der Waals surface area contributed by atoms with Crippen LogP contribution in [0, 0.1) is 5.82 Å². The Morgan fingerprint density at radius 1 is 1.39 bits per heavy atom. The normalized spacial score (nSPS) is 17.9. The van der Waals surface area contributed by atoms with Crippen LogP contribution in [0.4, 0.5) is 4.39 Å². The van der Waals surface area contributed by atoms with E-state index >= 15 is 0 Å². The Labute approximate surface area is 137 Å². The second kappa shape index (κ2) is 7.10. The Morgan fingerprint density at radius 2 is 2.17 bits per heavy atom. The van der Waals surface area contributed by atoms with Crippen molar-refractivity contribution in [3.05, 3.63) is 47.5 Å². The van der Waals surface area contributed by atoms with Crippen LogP contribution in [-0.2, 0) is 16.1 Å². The zero-order valence-electron chi connectivity index (χ0n) is 12.7. The number of aromatic nitrogens is 3. The predicted molar refractivity (Wildman–Crippen MR) is 84.3 cm³/mol. The monoisotopic (exact) mass is 336 g/mol. The van der Waals surface area contributed by atoms with Crippen LogP contribution >= 0.6 is 11.8 Å². The fourth-order valence-corrected chi connectivity index (χ4v) is 3.56. The van der Waals surface area contributed by atoms with Gasteiger partial charge >= 0.3 is 0 Å². The van der Waals surface area contributed by atoms with E-state index in [0.29, 0.717) is 25.4 Å². The van der Waals surface area contributed by atoms with Crippen molar-refractivity contribution in [3.8, 4) is 0 Å². The van der Waals surface area contributed by atoms with Crippen LogP contribution in [0.2, 0.25) is 0 Å². The molecule has 1 amide bonds. The number of ether oxygens (including phenoxy) is 1. The van der Waals surface area contributed by atoms with Crippen molar-refractivity contribution in [3.63, 3.8) is 0 Å². The summed E-state index contributed by atoms with van der Waals surface area (Å²) in [4.78, 5) is 13.7. The Kier molecular flexibility index (Phi) is 4.92. The molecule has 2 heterocycles. The van der Waals surface area contributed by atoms with Crippen LogP contribution in [0.3, 0.4) is 0 Å². The van der Waals surface area contributed by atoms with E-state index in [1.807, 2.05) is 6.20 Å². The molecule has 23 heavy (non-hydrogen) atoms. The smallest absolute Gasteiger partial charge is 0.233 e. The summed E-state index contributed by atoms with van der Waals surface area (Å²) in [7, 11) is 1.61. The average Bonchev–Trinajstić information content (AvgIpc) is 3.14. The number of hydrogen-bond acceptors (Lipinski definition) is 5. The number of methoxy groups -OCH3 is 1.